The van der Waals surface area contributed by atoms with Crippen molar-refractivity contribution in [3.8, 4) is 5.75 Å². The Morgan fingerprint density at radius 1 is 1.12 bits per heavy atom. The van der Waals surface area contributed by atoms with Gasteiger partial charge in [-0.15, -0.1) is 12.4 Å². The summed E-state index contributed by atoms with van der Waals surface area (Å²) >= 11 is 3.36. The highest BCUT2D eigenvalue weighted by Crippen LogP contribution is 2.23. The highest BCUT2D eigenvalue weighted by Gasteiger charge is 2.25. The molecule has 1 aliphatic rings. The van der Waals surface area contributed by atoms with Crippen molar-refractivity contribution in [2.75, 3.05) is 18.8 Å². The van der Waals surface area contributed by atoms with Crippen LogP contribution in [0.2, 0.25) is 0 Å². The van der Waals surface area contributed by atoms with Gasteiger partial charge in [-0.25, -0.2) is 0 Å². The number of halogens is 2. The molecule has 1 saturated heterocycles. The van der Waals surface area contributed by atoms with Crippen LogP contribution >= 0.6 is 28.3 Å². The number of hydrogen-bond donors (Lipinski definition) is 1. The lowest BCUT2D eigenvalue weighted by Crippen LogP contribution is -2.42. The monoisotopic (exact) mass is 410 g/mol. The lowest BCUT2D eigenvalue weighted by atomic mass is 10.1. The fourth-order valence-electron chi connectivity index (χ4n) is 2.77. The fraction of sp³-hybridized carbons (Fsp3) is 0.278. The van der Waals surface area contributed by atoms with Gasteiger partial charge >= 0.3 is 0 Å². The number of carbonyl (C=O) groups is 1. The molecule has 3 rings (SSSR count). The van der Waals surface area contributed by atoms with Crippen LogP contribution in [0.25, 0.3) is 0 Å². The van der Waals surface area contributed by atoms with Crippen LogP contribution in [0, 0.1) is 0 Å². The third-order valence-electron chi connectivity index (χ3n) is 4.02. The Bertz CT molecular complexity index is 689. The molecule has 2 aromatic carbocycles. The van der Waals surface area contributed by atoms with Gasteiger partial charge in [-0.05, 0) is 30.3 Å². The van der Waals surface area contributed by atoms with E-state index >= 15 is 0 Å². The molecule has 1 heterocycles. The summed E-state index contributed by atoms with van der Waals surface area (Å²) in [6.07, 6.45) is 1.82. The first kappa shape index (κ1) is 18.6. The molecule has 0 radical (unpaired) electrons. The van der Waals surface area contributed by atoms with Crippen molar-refractivity contribution >= 4 is 39.9 Å². The number of hydrogen-bond acceptors (Lipinski definition) is 3. The van der Waals surface area contributed by atoms with Crippen molar-refractivity contribution in [3.05, 3.63) is 58.6 Å². The Hall–Kier alpha value is -1.72. The zero-order chi connectivity index (χ0) is 16.2. The van der Waals surface area contributed by atoms with Crippen LogP contribution < -0.4 is 10.5 Å². The number of amides is 1. The van der Waals surface area contributed by atoms with E-state index in [0.717, 1.165) is 23.1 Å². The summed E-state index contributed by atoms with van der Waals surface area (Å²) in [7, 11) is 0. The van der Waals surface area contributed by atoms with E-state index in [2.05, 4.69) is 15.9 Å². The average Bonchev–Trinajstić information content (AvgIpc) is 2.56. The van der Waals surface area contributed by atoms with Crippen molar-refractivity contribution in [2.45, 2.75) is 18.9 Å². The second-order valence-corrected chi connectivity index (χ2v) is 6.57. The van der Waals surface area contributed by atoms with E-state index in [9.17, 15) is 4.79 Å². The molecular formula is C18H20BrClN2O2. The number of anilines is 1. The van der Waals surface area contributed by atoms with Gasteiger partial charge in [-0.2, -0.15) is 0 Å². The number of ether oxygens (including phenoxy) is 1. The quantitative estimate of drug-likeness (QED) is 0.772. The first-order valence-corrected chi connectivity index (χ1v) is 8.49. The molecule has 4 nitrogen and oxygen atoms in total. The Morgan fingerprint density at radius 3 is 2.42 bits per heavy atom. The molecule has 6 heteroatoms. The van der Waals surface area contributed by atoms with Gasteiger partial charge in [0.2, 0.25) is 0 Å². The first-order chi connectivity index (χ1) is 11.1. The molecule has 24 heavy (non-hydrogen) atoms. The molecule has 2 aromatic rings. The maximum absolute atomic E-state index is 12.6. The fourth-order valence-corrected chi connectivity index (χ4v) is 3.15. The Balaban J connectivity index is 0.00000208. The largest absolute Gasteiger partial charge is 0.490 e. The SMILES string of the molecule is Cl.Nc1cc(Br)ccc1C(=O)N1CCC(Oc2ccccc2)CC1. The molecule has 1 amide bonds. The lowest BCUT2D eigenvalue weighted by Gasteiger charge is -2.32. The standard InChI is InChI=1S/C18H19BrN2O2.ClH/c19-13-6-7-16(17(20)12-13)18(22)21-10-8-15(9-11-21)23-14-4-2-1-3-5-14;/h1-7,12,15H,8-11,20H2;1H. The summed E-state index contributed by atoms with van der Waals surface area (Å²) in [5.74, 6) is 0.877. The molecule has 0 aromatic heterocycles. The number of para-hydroxylation sites is 1. The zero-order valence-corrected chi connectivity index (χ0v) is 15.6. The average molecular weight is 412 g/mol. The van der Waals surface area contributed by atoms with Crippen molar-refractivity contribution < 1.29 is 9.53 Å². The normalized spacial score (nSPS) is 14.8. The number of benzene rings is 2. The van der Waals surface area contributed by atoms with Crippen LogP contribution in [-0.2, 0) is 0 Å². The predicted octanol–water partition coefficient (Wildman–Crippen LogP) is 4.14. The highest BCUT2D eigenvalue weighted by atomic mass is 79.9. The van der Waals surface area contributed by atoms with E-state index in [1.165, 1.54) is 0 Å². The van der Waals surface area contributed by atoms with Gasteiger partial charge < -0.3 is 15.4 Å². The van der Waals surface area contributed by atoms with E-state index in [-0.39, 0.29) is 24.4 Å². The van der Waals surface area contributed by atoms with Gasteiger partial charge in [0, 0.05) is 36.1 Å². The van der Waals surface area contributed by atoms with Crippen LogP contribution in [0.15, 0.2) is 53.0 Å². The Kier molecular flexibility index (Phi) is 6.52. The third kappa shape index (κ3) is 4.42. The number of piperidine rings is 1. The van der Waals surface area contributed by atoms with E-state index < -0.39 is 0 Å². The van der Waals surface area contributed by atoms with E-state index in [4.69, 9.17) is 10.5 Å². The number of rotatable bonds is 3. The van der Waals surface area contributed by atoms with Gasteiger partial charge in [0.1, 0.15) is 11.9 Å². The highest BCUT2D eigenvalue weighted by molar-refractivity contribution is 9.10. The summed E-state index contributed by atoms with van der Waals surface area (Å²) in [5, 5.41) is 0. The lowest BCUT2D eigenvalue weighted by molar-refractivity contribution is 0.0596. The van der Waals surface area contributed by atoms with Crippen LogP contribution in [0.1, 0.15) is 23.2 Å². The number of nitrogens with zero attached hydrogens (tertiary/aromatic N) is 1. The van der Waals surface area contributed by atoms with Crippen molar-refractivity contribution in [3.63, 3.8) is 0 Å². The predicted molar refractivity (Wildman–Crippen MR) is 102 cm³/mol. The number of nitrogens with two attached hydrogens (primary N) is 1. The van der Waals surface area contributed by atoms with E-state index in [1.54, 1.807) is 12.1 Å². The molecule has 0 spiro atoms. The molecule has 2 N–H and O–H groups in total. The molecule has 1 fully saturated rings. The molecule has 0 saturated carbocycles. The van der Waals surface area contributed by atoms with Crippen LogP contribution in [0.4, 0.5) is 5.69 Å². The second-order valence-electron chi connectivity index (χ2n) is 5.65. The number of likely N-dealkylation sites (tertiary alicyclic amines) is 1. The van der Waals surface area contributed by atoms with Crippen molar-refractivity contribution in [2.24, 2.45) is 0 Å². The summed E-state index contributed by atoms with van der Waals surface area (Å²) in [5.41, 5.74) is 7.03. The van der Waals surface area contributed by atoms with Crippen LogP contribution in [0.5, 0.6) is 5.75 Å². The molecule has 0 bridgehead atoms. The summed E-state index contributed by atoms with van der Waals surface area (Å²) in [6.45, 7) is 1.37. The van der Waals surface area contributed by atoms with Crippen molar-refractivity contribution in [1.82, 2.24) is 4.90 Å². The summed E-state index contributed by atoms with van der Waals surface area (Å²) in [4.78, 5) is 14.4. The molecule has 0 aliphatic carbocycles. The summed E-state index contributed by atoms with van der Waals surface area (Å²) < 4.78 is 6.84. The molecule has 1 aliphatic heterocycles. The third-order valence-corrected chi connectivity index (χ3v) is 4.51. The van der Waals surface area contributed by atoms with Gasteiger partial charge in [-0.1, -0.05) is 34.1 Å². The number of nitrogen functional groups attached to an aromatic ring is 1. The van der Waals surface area contributed by atoms with Gasteiger partial charge in [0.25, 0.3) is 5.91 Å². The number of carbonyl (C=O) groups excluding carboxylic acids is 1. The second kappa shape index (κ2) is 8.40. The minimum atomic E-state index is -0.00633. The Labute approximate surface area is 156 Å². The van der Waals surface area contributed by atoms with E-state index in [0.29, 0.717) is 24.3 Å². The molecule has 0 unspecified atom stereocenters. The molecule has 128 valence electrons. The summed E-state index contributed by atoms with van der Waals surface area (Å²) in [6, 6.07) is 15.2. The van der Waals surface area contributed by atoms with Gasteiger partial charge in [-0.3, -0.25) is 4.79 Å². The van der Waals surface area contributed by atoms with Gasteiger partial charge in [0.15, 0.2) is 0 Å². The minimum absolute atomic E-state index is 0. The van der Waals surface area contributed by atoms with Crippen LogP contribution in [-0.4, -0.2) is 30.0 Å². The van der Waals surface area contributed by atoms with E-state index in [1.807, 2.05) is 41.3 Å². The Morgan fingerprint density at radius 2 is 1.79 bits per heavy atom. The first-order valence-electron chi connectivity index (χ1n) is 7.69. The minimum Gasteiger partial charge on any atom is -0.490 e. The smallest absolute Gasteiger partial charge is 0.255 e. The molecule has 0 atom stereocenters. The zero-order valence-electron chi connectivity index (χ0n) is 13.2. The molecular weight excluding hydrogens is 392 g/mol. The maximum atomic E-state index is 12.6. The van der Waals surface area contributed by atoms with Crippen LogP contribution in [0.3, 0.4) is 0 Å². The van der Waals surface area contributed by atoms with Gasteiger partial charge in [0.05, 0.1) is 5.56 Å². The van der Waals surface area contributed by atoms with Crippen molar-refractivity contribution in [1.29, 1.82) is 0 Å². The topological polar surface area (TPSA) is 55.6 Å². The maximum Gasteiger partial charge on any atom is 0.255 e.